The molecule has 0 N–H and O–H groups in total. The smallest absolute Gasteiger partial charge is 0.126 e. The van der Waals surface area contributed by atoms with Crippen LogP contribution >= 0.6 is 0 Å². The maximum atomic E-state index is 8.78. The lowest BCUT2D eigenvalue weighted by atomic mass is 9.95. The monoisotopic (exact) mass is 301 g/mol. The molecule has 3 heteroatoms. The second kappa shape index (κ2) is 8.48. The predicted molar refractivity (Wildman–Crippen MR) is 90.6 cm³/mol. The standard InChI is InChI=1S/C19H27NO2/c1-13(12-20)10-8-7-9-11-17-16(4)18(21-5)14(2)15(3)19(17)22-6/h7,9,13H,8,10-11H2,1-6H3. The Bertz CT molecular complexity index is 582. The van der Waals surface area contributed by atoms with E-state index >= 15 is 0 Å². The van der Waals surface area contributed by atoms with Crippen LogP contribution in [0.25, 0.3) is 0 Å². The van der Waals surface area contributed by atoms with Crippen LogP contribution in [0.1, 0.15) is 42.0 Å². The van der Waals surface area contributed by atoms with Gasteiger partial charge in [-0.15, -0.1) is 0 Å². The van der Waals surface area contributed by atoms with E-state index in [0.717, 1.165) is 47.5 Å². The molecule has 0 aliphatic heterocycles. The second-order valence-corrected chi connectivity index (χ2v) is 5.70. The first-order chi connectivity index (χ1) is 10.5. The average Bonchev–Trinajstić information content (AvgIpc) is 2.52. The van der Waals surface area contributed by atoms with Gasteiger partial charge in [-0.05, 0) is 63.6 Å². The van der Waals surface area contributed by atoms with Crippen molar-refractivity contribution < 1.29 is 9.47 Å². The van der Waals surface area contributed by atoms with Gasteiger partial charge in [-0.3, -0.25) is 0 Å². The molecule has 0 saturated heterocycles. The van der Waals surface area contributed by atoms with E-state index in [1.807, 2.05) is 6.92 Å². The Labute approximate surface area is 134 Å². The minimum atomic E-state index is 0.114. The van der Waals surface area contributed by atoms with Gasteiger partial charge in [0.25, 0.3) is 0 Å². The predicted octanol–water partition coefficient (Wildman–Crippen LogP) is 4.67. The van der Waals surface area contributed by atoms with Gasteiger partial charge < -0.3 is 9.47 Å². The van der Waals surface area contributed by atoms with Crippen molar-refractivity contribution in [1.82, 2.24) is 0 Å². The maximum Gasteiger partial charge on any atom is 0.126 e. The van der Waals surface area contributed by atoms with E-state index in [1.165, 1.54) is 5.56 Å². The van der Waals surface area contributed by atoms with E-state index in [1.54, 1.807) is 14.2 Å². The molecule has 1 unspecified atom stereocenters. The van der Waals surface area contributed by atoms with Gasteiger partial charge in [0.1, 0.15) is 11.5 Å². The van der Waals surface area contributed by atoms with Gasteiger partial charge in [0.05, 0.1) is 20.3 Å². The van der Waals surface area contributed by atoms with Crippen LogP contribution in [-0.4, -0.2) is 14.2 Å². The number of benzene rings is 1. The summed E-state index contributed by atoms with van der Waals surface area (Å²) in [5.74, 6) is 2.01. The summed E-state index contributed by atoms with van der Waals surface area (Å²) in [5, 5.41) is 8.78. The van der Waals surface area contributed by atoms with Crippen molar-refractivity contribution in [1.29, 1.82) is 5.26 Å². The molecular weight excluding hydrogens is 274 g/mol. The van der Waals surface area contributed by atoms with Crippen LogP contribution in [0.15, 0.2) is 12.2 Å². The molecule has 1 atom stereocenters. The lowest BCUT2D eigenvalue weighted by Crippen LogP contribution is -2.03. The fourth-order valence-electron chi connectivity index (χ4n) is 2.71. The maximum absolute atomic E-state index is 8.78. The lowest BCUT2D eigenvalue weighted by Gasteiger charge is -2.19. The molecule has 120 valence electrons. The number of nitrogens with zero attached hydrogens (tertiary/aromatic N) is 1. The van der Waals surface area contributed by atoms with Gasteiger partial charge in [0.15, 0.2) is 0 Å². The molecule has 0 fully saturated rings. The molecule has 0 aliphatic carbocycles. The number of hydrogen-bond donors (Lipinski definition) is 0. The van der Waals surface area contributed by atoms with Crippen molar-refractivity contribution in [2.75, 3.05) is 14.2 Å². The zero-order valence-corrected chi connectivity index (χ0v) is 14.6. The van der Waals surface area contributed by atoms with Gasteiger partial charge in [-0.1, -0.05) is 12.2 Å². The highest BCUT2D eigenvalue weighted by atomic mass is 16.5. The van der Waals surface area contributed by atoms with Gasteiger partial charge >= 0.3 is 0 Å². The fourth-order valence-corrected chi connectivity index (χ4v) is 2.71. The third-order valence-electron chi connectivity index (χ3n) is 4.19. The first-order valence-electron chi connectivity index (χ1n) is 7.73. The number of allylic oxidation sites excluding steroid dienone is 2. The van der Waals surface area contributed by atoms with E-state index in [-0.39, 0.29) is 5.92 Å². The largest absolute Gasteiger partial charge is 0.496 e. The van der Waals surface area contributed by atoms with E-state index in [4.69, 9.17) is 14.7 Å². The second-order valence-electron chi connectivity index (χ2n) is 5.70. The summed E-state index contributed by atoms with van der Waals surface area (Å²) in [6.07, 6.45) is 6.95. The minimum Gasteiger partial charge on any atom is -0.496 e. The molecule has 0 amide bonds. The van der Waals surface area contributed by atoms with Crippen LogP contribution in [0.5, 0.6) is 11.5 Å². The zero-order chi connectivity index (χ0) is 16.7. The molecule has 0 heterocycles. The van der Waals surface area contributed by atoms with Crippen LogP contribution in [0.3, 0.4) is 0 Å². The number of methoxy groups -OCH3 is 2. The average molecular weight is 301 g/mol. The molecule has 22 heavy (non-hydrogen) atoms. The van der Waals surface area contributed by atoms with Crippen molar-refractivity contribution in [3.05, 3.63) is 34.4 Å². The lowest BCUT2D eigenvalue weighted by molar-refractivity contribution is 0.391. The fraction of sp³-hybridized carbons (Fsp3) is 0.526. The first kappa shape index (κ1) is 18.1. The van der Waals surface area contributed by atoms with Gasteiger partial charge in [-0.2, -0.15) is 5.26 Å². The third-order valence-corrected chi connectivity index (χ3v) is 4.19. The third kappa shape index (κ3) is 4.04. The summed E-state index contributed by atoms with van der Waals surface area (Å²) in [4.78, 5) is 0. The molecule has 0 aromatic heterocycles. The molecule has 1 rings (SSSR count). The Morgan fingerprint density at radius 1 is 1.00 bits per heavy atom. The Kier molecular flexibility index (Phi) is 6.98. The van der Waals surface area contributed by atoms with Crippen molar-refractivity contribution in [2.24, 2.45) is 5.92 Å². The molecule has 0 spiro atoms. The highest BCUT2D eigenvalue weighted by Crippen LogP contribution is 2.37. The highest BCUT2D eigenvalue weighted by Gasteiger charge is 2.17. The van der Waals surface area contributed by atoms with Crippen LogP contribution < -0.4 is 9.47 Å². The number of hydrogen-bond acceptors (Lipinski definition) is 3. The van der Waals surface area contributed by atoms with Crippen molar-refractivity contribution in [3.8, 4) is 17.6 Å². The summed E-state index contributed by atoms with van der Waals surface area (Å²) in [7, 11) is 3.43. The number of nitriles is 1. The summed E-state index contributed by atoms with van der Waals surface area (Å²) in [5.41, 5.74) is 4.57. The summed E-state index contributed by atoms with van der Waals surface area (Å²) in [6, 6.07) is 2.26. The molecular formula is C19H27NO2. The Morgan fingerprint density at radius 2 is 1.59 bits per heavy atom. The summed E-state index contributed by atoms with van der Waals surface area (Å²) < 4.78 is 11.2. The molecule has 0 bridgehead atoms. The Balaban J connectivity index is 2.97. The first-order valence-corrected chi connectivity index (χ1v) is 7.73. The van der Waals surface area contributed by atoms with Gasteiger partial charge in [0, 0.05) is 11.5 Å². The van der Waals surface area contributed by atoms with E-state index < -0.39 is 0 Å². The summed E-state index contributed by atoms with van der Waals surface area (Å²) in [6.45, 7) is 8.16. The molecule has 1 aromatic carbocycles. The van der Waals surface area contributed by atoms with E-state index in [2.05, 4.69) is 39.0 Å². The quantitative estimate of drug-likeness (QED) is 0.687. The van der Waals surface area contributed by atoms with Crippen LogP contribution in [0.4, 0.5) is 0 Å². The van der Waals surface area contributed by atoms with Crippen LogP contribution in [0.2, 0.25) is 0 Å². The topological polar surface area (TPSA) is 42.2 Å². The van der Waals surface area contributed by atoms with E-state index in [0.29, 0.717) is 0 Å². The minimum absolute atomic E-state index is 0.114. The Hall–Kier alpha value is -1.95. The van der Waals surface area contributed by atoms with Crippen LogP contribution in [-0.2, 0) is 6.42 Å². The molecule has 1 aromatic rings. The molecule has 3 nitrogen and oxygen atoms in total. The highest BCUT2D eigenvalue weighted by molar-refractivity contribution is 5.58. The normalized spacial score (nSPS) is 12.2. The zero-order valence-electron chi connectivity index (χ0n) is 14.6. The van der Waals surface area contributed by atoms with Crippen molar-refractivity contribution >= 4 is 0 Å². The van der Waals surface area contributed by atoms with Gasteiger partial charge in [-0.25, -0.2) is 0 Å². The van der Waals surface area contributed by atoms with E-state index in [9.17, 15) is 0 Å². The number of ether oxygens (including phenoxy) is 2. The molecule has 0 radical (unpaired) electrons. The molecule has 0 aliphatic rings. The summed E-state index contributed by atoms with van der Waals surface area (Å²) >= 11 is 0. The molecule has 0 saturated carbocycles. The van der Waals surface area contributed by atoms with Crippen molar-refractivity contribution in [3.63, 3.8) is 0 Å². The SMILES string of the molecule is COc1c(C)c(C)c(OC)c(CC=CCCC(C)C#N)c1C. The van der Waals surface area contributed by atoms with Crippen LogP contribution in [0, 0.1) is 38.0 Å². The Morgan fingerprint density at radius 3 is 2.14 bits per heavy atom. The van der Waals surface area contributed by atoms with Gasteiger partial charge in [0.2, 0.25) is 0 Å². The number of rotatable bonds is 7. The van der Waals surface area contributed by atoms with Crippen molar-refractivity contribution in [2.45, 2.75) is 47.0 Å².